The zero-order valence-electron chi connectivity index (χ0n) is 15.3. The Kier molecular flexibility index (Phi) is 3.95. The molecular weight excluding hydrogens is 298 g/mol. The van der Waals surface area contributed by atoms with Crippen LogP contribution in [0, 0.1) is 0 Å². The second kappa shape index (κ2) is 5.55. The van der Waals surface area contributed by atoms with Crippen molar-refractivity contribution in [3.05, 3.63) is 47.4 Å². The number of para-hydroxylation sites is 1. The maximum atomic E-state index is 6.77. The molecule has 1 unspecified atom stereocenters. The van der Waals surface area contributed by atoms with E-state index in [1.165, 1.54) is 27.8 Å². The number of hydrogen-bond donors (Lipinski definition) is 1. The van der Waals surface area contributed by atoms with Gasteiger partial charge in [-0.2, -0.15) is 0 Å². The summed E-state index contributed by atoms with van der Waals surface area (Å²) in [6.45, 7) is 13.9. The van der Waals surface area contributed by atoms with Crippen LogP contribution in [0.2, 0.25) is 18.1 Å². The summed E-state index contributed by atoms with van der Waals surface area (Å²) in [5.41, 5.74) is 4.05. The Bertz CT molecular complexity index is 748. The SMILES string of the molecule is CC1=C(O[Si](C)(C)C(C)(C)C)C(c2c[nH]c3ccccc23)CC1. The fraction of sp³-hybridized carbons (Fsp3) is 0.500. The zero-order chi connectivity index (χ0) is 16.8. The molecule has 1 aromatic carbocycles. The molecule has 0 saturated heterocycles. The molecule has 124 valence electrons. The highest BCUT2D eigenvalue weighted by molar-refractivity contribution is 6.74. The molecular formula is C20H29NOSi. The van der Waals surface area contributed by atoms with Crippen LogP contribution in [0.3, 0.4) is 0 Å². The molecule has 0 aliphatic heterocycles. The number of fused-ring (bicyclic) bond motifs is 1. The summed E-state index contributed by atoms with van der Waals surface area (Å²) in [4.78, 5) is 3.43. The van der Waals surface area contributed by atoms with Gasteiger partial charge < -0.3 is 9.41 Å². The number of H-pyrrole nitrogens is 1. The lowest BCUT2D eigenvalue weighted by molar-refractivity contribution is 0.355. The summed E-state index contributed by atoms with van der Waals surface area (Å²) in [7, 11) is -1.80. The second-order valence-electron chi connectivity index (χ2n) is 8.39. The standard InChI is InChI=1S/C20H29NOSi/c1-14-11-12-16(19(14)22-23(5,6)20(2,3)4)17-13-21-18-10-8-7-9-15(17)18/h7-10,13,16,21H,11-12H2,1-6H3. The lowest BCUT2D eigenvalue weighted by Crippen LogP contribution is -2.40. The molecule has 3 rings (SSSR count). The molecule has 1 heterocycles. The van der Waals surface area contributed by atoms with Crippen molar-refractivity contribution in [1.29, 1.82) is 0 Å². The first-order chi connectivity index (χ1) is 10.7. The average Bonchev–Trinajstić information content (AvgIpc) is 3.02. The van der Waals surface area contributed by atoms with Crippen LogP contribution in [-0.2, 0) is 4.43 Å². The largest absolute Gasteiger partial charge is 0.546 e. The molecule has 2 aromatic rings. The zero-order valence-corrected chi connectivity index (χ0v) is 16.3. The molecule has 1 aliphatic carbocycles. The van der Waals surface area contributed by atoms with E-state index in [2.05, 4.69) is 76.2 Å². The van der Waals surface area contributed by atoms with Crippen LogP contribution in [0.25, 0.3) is 10.9 Å². The first-order valence-electron chi connectivity index (χ1n) is 8.65. The van der Waals surface area contributed by atoms with Crippen LogP contribution in [0.5, 0.6) is 0 Å². The minimum absolute atomic E-state index is 0.230. The molecule has 1 N–H and O–H groups in total. The Hall–Kier alpha value is -1.48. The number of aromatic amines is 1. The fourth-order valence-corrected chi connectivity index (χ4v) is 4.35. The summed E-state index contributed by atoms with van der Waals surface area (Å²) >= 11 is 0. The molecule has 0 saturated carbocycles. The Morgan fingerprint density at radius 3 is 2.57 bits per heavy atom. The van der Waals surface area contributed by atoms with Gasteiger partial charge in [-0.3, -0.25) is 0 Å². The molecule has 1 aliphatic rings. The Morgan fingerprint density at radius 1 is 1.17 bits per heavy atom. The molecule has 2 nitrogen and oxygen atoms in total. The van der Waals surface area contributed by atoms with E-state index in [9.17, 15) is 0 Å². The topological polar surface area (TPSA) is 25.0 Å². The molecule has 0 bridgehead atoms. The van der Waals surface area contributed by atoms with Gasteiger partial charge in [0.05, 0.1) is 5.76 Å². The highest BCUT2D eigenvalue weighted by Gasteiger charge is 2.42. The average molecular weight is 328 g/mol. The van der Waals surface area contributed by atoms with E-state index in [1.54, 1.807) is 0 Å². The normalized spacial score (nSPS) is 19.7. The van der Waals surface area contributed by atoms with Crippen LogP contribution in [0.1, 0.15) is 52.0 Å². The van der Waals surface area contributed by atoms with E-state index in [-0.39, 0.29) is 5.04 Å². The van der Waals surface area contributed by atoms with E-state index in [1.807, 2.05) is 0 Å². The highest BCUT2D eigenvalue weighted by Crippen LogP contribution is 2.47. The van der Waals surface area contributed by atoms with Gasteiger partial charge in [-0.25, -0.2) is 0 Å². The minimum Gasteiger partial charge on any atom is -0.546 e. The molecule has 0 fully saturated rings. The summed E-state index contributed by atoms with van der Waals surface area (Å²) in [5.74, 6) is 1.65. The summed E-state index contributed by atoms with van der Waals surface area (Å²) in [6.07, 6.45) is 4.49. The van der Waals surface area contributed by atoms with Crippen molar-refractivity contribution in [3.63, 3.8) is 0 Å². The van der Waals surface area contributed by atoms with E-state index >= 15 is 0 Å². The van der Waals surface area contributed by atoms with Gasteiger partial charge in [-0.1, -0.05) is 39.0 Å². The van der Waals surface area contributed by atoms with Crippen LogP contribution in [0.15, 0.2) is 41.8 Å². The number of allylic oxidation sites excluding steroid dienone is 2. The minimum atomic E-state index is -1.80. The first kappa shape index (κ1) is 16.4. The number of aromatic nitrogens is 1. The third kappa shape index (κ3) is 2.87. The quantitative estimate of drug-likeness (QED) is 0.654. The molecule has 23 heavy (non-hydrogen) atoms. The number of benzene rings is 1. The molecule has 0 amide bonds. The number of nitrogens with one attached hydrogen (secondary N) is 1. The number of hydrogen-bond acceptors (Lipinski definition) is 1. The van der Waals surface area contributed by atoms with Gasteiger partial charge in [0.25, 0.3) is 0 Å². The van der Waals surface area contributed by atoms with Crippen molar-refractivity contribution < 1.29 is 4.43 Å². The summed E-state index contributed by atoms with van der Waals surface area (Å²) < 4.78 is 6.77. The molecule has 3 heteroatoms. The summed E-state index contributed by atoms with van der Waals surface area (Å²) in [6, 6.07) is 8.59. The van der Waals surface area contributed by atoms with Crippen LogP contribution in [-0.4, -0.2) is 13.3 Å². The lowest BCUT2D eigenvalue weighted by Gasteiger charge is -2.38. The van der Waals surface area contributed by atoms with Gasteiger partial charge in [0.1, 0.15) is 0 Å². The predicted molar refractivity (Wildman–Crippen MR) is 101 cm³/mol. The number of rotatable bonds is 3. The van der Waals surface area contributed by atoms with E-state index in [0.717, 1.165) is 12.8 Å². The monoisotopic (exact) mass is 327 g/mol. The summed E-state index contributed by atoms with van der Waals surface area (Å²) in [5, 5.41) is 1.57. The maximum Gasteiger partial charge on any atom is 0.250 e. The van der Waals surface area contributed by atoms with Crippen molar-refractivity contribution in [2.24, 2.45) is 0 Å². The van der Waals surface area contributed by atoms with Crippen LogP contribution >= 0.6 is 0 Å². The van der Waals surface area contributed by atoms with Gasteiger partial charge in [-0.15, -0.1) is 0 Å². The Balaban J connectivity index is 1.98. The molecule has 1 atom stereocenters. The molecule has 0 spiro atoms. The first-order valence-corrected chi connectivity index (χ1v) is 11.6. The second-order valence-corrected chi connectivity index (χ2v) is 13.1. The van der Waals surface area contributed by atoms with Gasteiger partial charge in [0.15, 0.2) is 0 Å². The Labute approximate surface area is 141 Å². The molecule has 1 aromatic heterocycles. The van der Waals surface area contributed by atoms with Crippen molar-refractivity contribution in [2.75, 3.05) is 0 Å². The lowest BCUT2D eigenvalue weighted by atomic mass is 9.97. The smallest absolute Gasteiger partial charge is 0.250 e. The molecule has 0 radical (unpaired) electrons. The van der Waals surface area contributed by atoms with Crippen molar-refractivity contribution >= 4 is 19.2 Å². The predicted octanol–water partition coefficient (Wildman–Crippen LogP) is 6.34. The van der Waals surface area contributed by atoms with Gasteiger partial charge in [0, 0.05) is 23.0 Å². The van der Waals surface area contributed by atoms with E-state index in [4.69, 9.17) is 4.43 Å². The van der Waals surface area contributed by atoms with E-state index < -0.39 is 8.32 Å². The van der Waals surface area contributed by atoms with Crippen molar-refractivity contribution in [1.82, 2.24) is 4.98 Å². The fourth-order valence-electron chi connectivity index (χ4n) is 3.18. The highest BCUT2D eigenvalue weighted by atomic mass is 28.4. The third-order valence-corrected chi connectivity index (χ3v) is 10.1. The maximum absolute atomic E-state index is 6.77. The van der Waals surface area contributed by atoms with Gasteiger partial charge >= 0.3 is 0 Å². The Morgan fingerprint density at radius 2 is 1.87 bits per heavy atom. The van der Waals surface area contributed by atoms with Gasteiger partial charge in [0.2, 0.25) is 8.32 Å². The van der Waals surface area contributed by atoms with E-state index in [0.29, 0.717) is 5.92 Å². The van der Waals surface area contributed by atoms with Crippen LogP contribution < -0.4 is 0 Å². The van der Waals surface area contributed by atoms with Gasteiger partial charge in [-0.05, 0) is 55.1 Å². The third-order valence-electron chi connectivity index (χ3n) is 5.71. The van der Waals surface area contributed by atoms with Crippen molar-refractivity contribution in [3.8, 4) is 0 Å². The van der Waals surface area contributed by atoms with Crippen molar-refractivity contribution in [2.45, 2.75) is 64.6 Å². The van der Waals surface area contributed by atoms with Crippen LogP contribution in [0.4, 0.5) is 0 Å².